The van der Waals surface area contributed by atoms with Gasteiger partial charge in [-0.25, -0.2) is 0 Å². The van der Waals surface area contributed by atoms with Gasteiger partial charge in [0, 0.05) is 29.8 Å². The fourth-order valence-electron chi connectivity index (χ4n) is 1.59. The third-order valence-electron chi connectivity index (χ3n) is 2.38. The molecule has 2 aromatic heterocycles. The van der Waals surface area contributed by atoms with Crippen LogP contribution in [0.25, 0.3) is 11.1 Å². The van der Waals surface area contributed by atoms with E-state index in [1.165, 1.54) is 6.20 Å². The highest BCUT2D eigenvalue weighted by molar-refractivity contribution is 5.99. The molecule has 4 heteroatoms. The molecule has 0 unspecified atom stereocenters. The number of primary amides is 1. The first-order valence-corrected chi connectivity index (χ1v) is 4.86. The van der Waals surface area contributed by atoms with Gasteiger partial charge in [0.25, 0.3) is 5.91 Å². The van der Waals surface area contributed by atoms with Crippen molar-refractivity contribution in [3.63, 3.8) is 0 Å². The maximum atomic E-state index is 11.3. The quantitative estimate of drug-likeness (QED) is 0.822. The van der Waals surface area contributed by atoms with Crippen LogP contribution in [-0.4, -0.2) is 15.9 Å². The fourth-order valence-corrected chi connectivity index (χ4v) is 1.59. The van der Waals surface area contributed by atoms with E-state index in [9.17, 15) is 4.79 Å². The van der Waals surface area contributed by atoms with Gasteiger partial charge in [-0.15, -0.1) is 0 Å². The smallest absolute Gasteiger partial charge is 0.250 e. The van der Waals surface area contributed by atoms with Gasteiger partial charge in [-0.1, -0.05) is 6.07 Å². The minimum Gasteiger partial charge on any atom is -0.366 e. The van der Waals surface area contributed by atoms with Gasteiger partial charge >= 0.3 is 0 Å². The van der Waals surface area contributed by atoms with Crippen LogP contribution >= 0.6 is 0 Å². The van der Waals surface area contributed by atoms with Gasteiger partial charge in [-0.2, -0.15) is 0 Å². The van der Waals surface area contributed by atoms with Crippen LogP contribution in [-0.2, 0) is 0 Å². The van der Waals surface area contributed by atoms with Crippen LogP contribution in [0, 0.1) is 6.92 Å². The van der Waals surface area contributed by atoms with Crippen molar-refractivity contribution in [1.29, 1.82) is 0 Å². The van der Waals surface area contributed by atoms with E-state index in [2.05, 4.69) is 9.97 Å². The maximum Gasteiger partial charge on any atom is 0.250 e. The maximum absolute atomic E-state index is 11.3. The van der Waals surface area contributed by atoms with Crippen LogP contribution in [0.15, 0.2) is 36.8 Å². The average molecular weight is 213 g/mol. The lowest BCUT2D eigenvalue weighted by atomic mass is 10.0. The minimum atomic E-state index is -0.480. The Hall–Kier alpha value is -2.23. The molecule has 0 saturated carbocycles. The number of hydrogen-bond donors (Lipinski definition) is 1. The van der Waals surface area contributed by atoms with Crippen LogP contribution in [0.2, 0.25) is 0 Å². The summed E-state index contributed by atoms with van der Waals surface area (Å²) in [6, 6.07) is 5.50. The van der Waals surface area contributed by atoms with E-state index in [1.54, 1.807) is 18.5 Å². The lowest BCUT2D eigenvalue weighted by Crippen LogP contribution is -2.13. The van der Waals surface area contributed by atoms with Gasteiger partial charge in [0.1, 0.15) is 0 Å². The number of carbonyl (C=O) groups is 1. The number of nitrogens with zero attached hydrogens (tertiary/aromatic N) is 2. The van der Waals surface area contributed by atoms with Crippen molar-refractivity contribution in [3.8, 4) is 11.1 Å². The highest BCUT2D eigenvalue weighted by Gasteiger charge is 2.11. The van der Waals surface area contributed by atoms with Gasteiger partial charge in [-0.3, -0.25) is 14.8 Å². The zero-order valence-electron chi connectivity index (χ0n) is 8.84. The monoisotopic (exact) mass is 213 g/mol. The molecule has 16 heavy (non-hydrogen) atoms. The number of hydrogen-bond acceptors (Lipinski definition) is 3. The Morgan fingerprint density at radius 1 is 1.25 bits per heavy atom. The molecule has 0 atom stereocenters. The molecule has 2 aromatic rings. The molecule has 4 nitrogen and oxygen atoms in total. The second-order valence-electron chi connectivity index (χ2n) is 3.42. The Bertz CT molecular complexity index is 537. The number of aromatic nitrogens is 2. The molecule has 0 radical (unpaired) electrons. The third kappa shape index (κ3) is 1.77. The molecule has 0 aliphatic heterocycles. The molecule has 0 aliphatic carbocycles. The summed E-state index contributed by atoms with van der Waals surface area (Å²) in [6.45, 7) is 1.89. The third-order valence-corrected chi connectivity index (χ3v) is 2.38. The van der Waals surface area contributed by atoms with E-state index in [-0.39, 0.29) is 0 Å². The number of pyridine rings is 2. The Labute approximate surface area is 93.2 Å². The Morgan fingerprint density at radius 2 is 2.06 bits per heavy atom. The van der Waals surface area contributed by atoms with Crippen LogP contribution in [0.1, 0.15) is 16.1 Å². The molecule has 0 saturated heterocycles. The summed E-state index contributed by atoms with van der Waals surface area (Å²) in [5.74, 6) is -0.480. The van der Waals surface area contributed by atoms with Crippen LogP contribution in [0.3, 0.4) is 0 Å². The van der Waals surface area contributed by atoms with Crippen molar-refractivity contribution >= 4 is 5.91 Å². The predicted octanol–water partition coefficient (Wildman–Crippen LogP) is 1.55. The van der Waals surface area contributed by atoms with Crippen molar-refractivity contribution in [3.05, 3.63) is 48.0 Å². The summed E-state index contributed by atoms with van der Waals surface area (Å²) in [5.41, 5.74) is 8.25. The highest BCUT2D eigenvalue weighted by atomic mass is 16.1. The Morgan fingerprint density at radius 3 is 2.75 bits per heavy atom. The molecule has 0 aliphatic rings. The van der Waals surface area contributed by atoms with E-state index in [1.807, 2.05) is 19.1 Å². The van der Waals surface area contributed by atoms with Crippen LogP contribution < -0.4 is 5.73 Å². The zero-order chi connectivity index (χ0) is 11.5. The molecule has 1 amide bonds. The summed E-state index contributed by atoms with van der Waals surface area (Å²) < 4.78 is 0. The average Bonchev–Trinajstić information content (AvgIpc) is 2.29. The minimum absolute atomic E-state index is 0.415. The predicted molar refractivity (Wildman–Crippen MR) is 60.7 cm³/mol. The van der Waals surface area contributed by atoms with E-state index >= 15 is 0 Å². The van der Waals surface area contributed by atoms with E-state index in [4.69, 9.17) is 5.73 Å². The molecule has 0 aromatic carbocycles. The van der Waals surface area contributed by atoms with Crippen molar-refractivity contribution < 1.29 is 4.79 Å². The lowest BCUT2D eigenvalue weighted by Gasteiger charge is -2.07. The van der Waals surface area contributed by atoms with Gasteiger partial charge < -0.3 is 5.73 Å². The molecule has 0 spiro atoms. The summed E-state index contributed by atoms with van der Waals surface area (Å²) in [6.07, 6.45) is 4.82. The summed E-state index contributed by atoms with van der Waals surface area (Å²) >= 11 is 0. The largest absolute Gasteiger partial charge is 0.366 e. The first kappa shape index (κ1) is 10.3. The molecule has 2 N–H and O–H groups in total. The van der Waals surface area contributed by atoms with E-state index < -0.39 is 5.91 Å². The van der Waals surface area contributed by atoms with Gasteiger partial charge in [-0.05, 0) is 24.6 Å². The van der Waals surface area contributed by atoms with Crippen LogP contribution in [0.5, 0.6) is 0 Å². The Kier molecular flexibility index (Phi) is 2.64. The molecule has 2 heterocycles. The summed E-state index contributed by atoms with van der Waals surface area (Å²) in [4.78, 5) is 19.4. The first-order valence-electron chi connectivity index (χ1n) is 4.86. The van der Waals surface area contributed by atoms with Gasteiger partial charge in [0.2, 0.25) is 0 Å². The fraction of sp³-hybridized carbons (Fsp3) is 0.0833. The topological polar surface area (TPSA) is 68.9 Å². The van der Waals surface area contributed by atoms with E-state index in [0.717, 1.165) is 16.8 Å². The standard InChI is InChI=1S/C12H11N3O/c1-8-9(3-2-5-15-8)10-4-6-14-7-11(10)12(13)16/h2-7H,1H3,(H2,13,16). The van der Waals surface area contributed by atoms with Crippen molar-refractivity contribution in [2.75, 3.05) is 0 Å². The number of nitrogens with two attached hydrogens (primary N) is 1. The SMILES string of the molecule is Cc1ncccc1-c1ccncc1C(N)=O. The van der Waals surface area contributed by atoms with Crippen LogP contribution in [0.4, 0.5) is 0 Å². The lowest BCUT2D eigenvalue weighted by molar-refractivity contribution is 0.100. The molecule has 0 fully saturated rings. The first-order chi connectivity index (χ1) is 7.70. The second kappa shape index (κ2) is 4.10. The normalized spacial score (nSPS) is 10.1. The van der Waals surface area contributed by atoms with Gasteiger partial charge in [0.15, 0.2) is 0 Å². The molecule has 2 rings (SSSR count). The van der Waals surface area contributed by atoms with E-state index in [0.29, 0.717) is 5.56 Å². The summed E-state index contributed by atoms with van der Waals surface area (Å²) in [5, 5.41) is 0. The number of aryl methyl sites for hydroxylation is 1. The van der Waals surface area contributed by atoms with Crippen molar-refractivity contribution in [1.82, 2.24) is 9.97 Å². The van der Waals surface area contributed by atoms with Gasteiger partial charge in [0.05, 0.1) is 5.56 Å². The van der Waals surface area contributed by atoms with Crippen molar-refractivity contribution in [2.24, 2.45) is 5.73 Å². The number of amides is 1. The Balaban J connectivity index is 2.65. The second-order valence-corrected chi connectivity index (χ2v) is 3.42. The molecule has 0 bridgehead atoms. The number of rotatable bonds is 2. The molecule has 80 valence electrons. The highest BCUT2D eigenvalue weighted by Crippen LogP contribution is 2.24. The zero-order valence-corrected chi connectivity index (χ0v) is 8.84. The molecular formula is C12H11N3O. The molecular weight excluding hydrogens is 202 g/mol. The number of carbonyl (C=O) groups excluding carboxylic acids is 1. The van der Waals surface area contributed by atoms with Crippen molar-refractivity contribution in [2.45, 2.75) is 6.92 Å². The summed E-state index contributed by atoms with van der Waals surface area (Å²) in [7, 11) is 0.